The van der Waals surface area contributed by atoms with Crippen LogP contribution >= 0.6 is 11.8 Å². The molecule has 2 unspecified atom stereocenters. The number of nitrogens with two attached hydrogens (primary N) is 1. The van der Waals surface area contributed by atoms with Crippen molar-refractivity contribution in [1.82, 2.24) is 14.9 Å². The number of hydrogen-bond donors (Lipinski definition) is 1. The Morgan fingerprint density at radius 3 is 2.56 bits per heavy atom. The molecule has 2 heterocycles. The SMILES string of the molecule is CCOC(SCC)[C@@H]1C[C@@H](OC(C)=O)CN1C(=O)c1cc(OC)cc(OCCCC(C)Oc2cc(-c3ccc(F)cc3)nc(C)n2)c1N. The predicted octanol–water partition coefficient (Wildman–Crippen LogP) is 6.07. The molecule has 1 aliphatic rings. The summed E-state index contributed by atoms with van der Waals surface area (Å²) in [7, 11) is 1.51. The first kappa shape index (κ1) is 36.7. The molecule has 0 aliphatic carbocycles. The van der Waals surface area contributed by atoms with Gasteiger partial charge >= 0.3 is 5.97 Å². The van der Waals surface area contributed by atoms with Crippen molar-refractivity contribution < 1.29 is 37.7 Å². The highest BCUT2D eigenvalue weighted by molar-refractivity contribution is 7.99. The molecule has 1 aromatic heterocycles. The lowest BCUT2D eigenvalue weighted by atomic mass is 10.1. The highest BCUT2D eigenvalue weighted by Gasteiger charge is 2.42. The number of aromatic nitrogens is 2. The second-order valence-corrected chi connectivity index (χ2v) is 12.8. The number of aryl methyl sites for hydroxylation is 1. The van der Waals surface area contributed by atoms with Gasteiger partial charge in [-0.05, 0) is 69.7 Å². The molecular formula is C35H45FN4O7S. The molecule has 2 N–H and O–H groups in total. The zero-order valence-corrected chi connectivity index (χ0v) is 29.2. The number of likely N-dealkylation sites (tertiary alicyclic amines) is 1. The Morgan fingerprint density at radius 1 is 1.15 bits per heavy atom. The van der Waals surface area contributed by atoms with Crippen LogP contribution in [0.5, 0.6) is 17.4 Å². The molecule has 4 rings (SSSR count). The lowest BCUT2D eigenvalue weighted by Gasteiger charge is -2.31. The van der Waals surface area contributed by atoms with Crippen LogP contribution in [0, 0.1) is 12.7 Å². The summed E-state index contributed by atoms with van der Waals surface area (Å²) in [6.07, 6.45) is 1.08. The average molecular weight is 685 g/mol. The molecule has 1 aliphatic heterocycles. The minimum Gasteiger partial charge on any atom is -0.497 e. The summed E-state index contributed by atoms with van der Waals surface area (Å²) in [5.41, 5.74) is 8.10. The van der Waals surface area contributed by atoms with E-state index in [-0.39, 0.29) is 47.1 Å². The Kier molecular flexibility index (Phi) is 13.3. The van der Waals surface area contributed by atoms with Gasteiger partial charge in [-0.1, -0.05) is 6.92 Å². The van der Waals surface area contributed by atoms with Crippen molar-refractivity contribution in [3.63, 3.8) is 0 Å². The van der Waals surface area contributed by atoms with Gasteiger partial charge in [-0.2, -0.15) is 4.98 Å². The first-order valence-electron chi connectivity index (χ1n) is 16.1. The number of ether oxygens (including phenoxy) is 5. The normalized spacial score (nSPS) is 17.1. The van der Waals surface area contributed by atoms with Crippen molar-refractivity contribution in [3.05, 3.63) is 59.7 Å². The molecule has 0 spiro atoms. The van der Waals surface area contributed by atoms with E-state index in [9.17, 15) is 14.0 Å². The zero-order valence-electron chi connectivity index (χ0n) is 28.4. The van der Waals surface area contributed by atoms with Crippen molar-refractivity contribution in [2.45, 2.75) is 77.6 Å². The van der Waals surface area contributed by atoms with Gasteiger partial charge in [-0.3, -0.25) is 9.59 Å². The molecule has 11 nitrogen and oxygen atoms in total. The maximum atomic E-state index is 14.1. The first-order valence-corrected chi connectivity index (χ1v) is 17.2. The van der Waals surface area contributed by atoms with E-state index in [4.69, 9.17) is 29.4 Å². The van der Waals surface area contributed by atoms with E-state index in [0.717, 1.165) is 11.3 Å². The summed E-state index contributed by atoms with van der Waals surface area (Å²) in [6, 6.07) is 10.8. The van der Waals surface area contributed by atoms with Gasteiger partial charge in [0.25, 0.3) is 5.91 Å². The molecule has 1 amide bonds. The number of benzene rings is 2. The van der Waals surface area contributed by atoms with Gasteiger partial charge in [-0.15, -0.1) is 11.8 Å². The number of methoxy groups -OCH3 is 1. The molecule has 1 fully saturated rings. The lowest BCUT2D eigenvalue weighted by Crippen LogP contribution is -2.43. The number of thioether (sulfide) groups is 1. The number of carbonyl (C=O) groups excluding carboxylic acids is 2. The molecule has 13 heteroatoms. The first-order chi connectivity index (χ1) is 23.0. The summed E-state index contributed by atoms with van der Waals surface area (Å²) in [5, 5.41) is 0. The third-order valence-electron chi connectivity index (χ3n) is 7.75. The predicted molar refractivity (Wildman–Crippen MR) is 183 cm³/mol. The Hall–Kier alpha value is -4.10. The van der Waals surface area contributed by atoms with Crippen LogP contribution in [0.25, 0.3) is 11.3 Å². The molecule has 1 saturated heterocycles. The summed E-state index contributed by atoms with van der Waals surface area (Å²) >= 11 is 1.60. The summed E-state index contributed by atoms with van der Waals surface area (Å²) < 4.78 is 42.6. The molecule has 4 atom stereocenters. The molecular weight excluding hydrogens is 639 g/mol. The van der Waals surface area contributed by atoms with Crippen molar-refractivity contribution in [2.75, 3.05) is 38.4 Å². The Labute approximate surface area is 285 Å². The maximum Gasteiger partial charge on any atom is 0.302 e. The summed E-state index contributed by atoms with van der Waals surface area (Å²) in [6.45, 7) is 10.0. The van der Waals surface area contributed by atoms with Crippen molar-refractivity contribution in [3.8, 4) is 28.6 Å². The number of carbonyl (C=O) groups is 2. The molecule has 3 aromatic rings. The Bertz CT molecular complexity index is 1540. The van der Waals surface area contributed by atoms with Gasteiger partial charge in [0.05, 0.1) is 49.4 Å². The fourth-order valence-corrected chi connectivity index (χ4v) is 6.63. The second kappa shape index (κ2) is 17.3. The van der Waals surface area contributed by atoms with E-state index < -0.39 is 12.1 Å². The number of nitrogen functional groups attached to an aromatic ring is 1. The third kappa shape index (κ3) is 9.72. The molecule has 260 valence electrons. The van der Waals surface area contributed by atoms with Gasteiger partial charge in [0.15, 0.2) is 0 Å². The largest absolute Gasteiger partial charge is 0.497 e. The summed E-state index contributed by atoms with van der Waals surface area (Å²) in [4.78, 5) is 36.4. The van der Waals surface area contributed by atoms with Crippen LogP contribution in [-0.2, 0) is 14.3 Å². The van der Waals surface area contributed by atoms with Crippen LogP contribution in [0.2, 0.25) is 0 Å². The van der Waals surface area contributed by atoms with E-state index >= 15 is 0 Å². The number of halogens is 1. The summed E-state index contributed by atoms with van der Waals surface area (Å²) in [5.74, 6) is 1.48. The maximum absolute atomic E-state index is 14.1. The standard InChI is InChI=1S/C35H45FN4O7S/c1-7-44-35(48-8-2)30-17-27(47-23(5)41)20-40(30)34(42)28-16-26(43-6)18-31(33(28)37)45-15-9-10-21(3)46-32-19-29(38-22(4)39-32)24-11-13-25(36)14-12-24/h11-14,16,18-19,21,27,30,35H,7-10,15,17,20,37H2,1-6H3/t21?,27-,30+,35?/m1/s1. The van der Waals surface area contributed by atoms with Gasteiger partial charge in [0.1, 0.15) is 34.7 Å². The van der Waals surface area contributed by atoms with E-state index in [1.54, 1.807) is 53.9 Å². The fourth-order valence-electron chi connectivity index (χ4n) is 5.59. The second-order valence-electron chi connectivity index (χ2n) is 11.4. The van der Waals surface area contributed by atoms with Crippen LogP contribution in [-0.4, -0.2) is 83.1 Å². The van der Waals surface area contributed by atoms with Crippen LogP contribution in [0.15, 0.2) is 42.5 Å². The quantitative estimate of drug-likeness (QED) is 0.0815. The Balaban J connectivity index is 1.42. The average Bonchev–Trinajstić information content (AvgIpc) is 3.46. The van der Waals surface area contributed by atoms with Gasteiger partial charge in [0.2, 0.25) is 5.88 Å². The number of esters is 1. The smallest absolute Gasteiger partial charge is 0.302 e. The lowest BCUT2D eigenvalue weighted by molar-refractivity contribution is -0.145. The van der Waals surface area contributed by atoms with E-state index in [1.165, 1.54) is 26.2 Å². The number of nitrogens with zero attached hydrogens (tertiary/aromatic N) is 3. The zero-order chi connectivity index (χ0) is 34.8. The highest BCUT2D eigenvalue weighted by Crippen LogP contribution is 2.36. The van der Waals surface area contributed by atoms with E-state index in [2.05, 4.69) is 9.97 Å². The Morgan fingerprint density at radius 2 is 1.90 bits per heavy atom. The highest BCUT2D eigenvalue weighted by atomic mass is 32.2. The topological polar surface area (TPSA) is 135 Å². The van der Waals surface area contributed by atoms with E-state index in [0.29, 0.717) is 61.4 Å². The minimum atomic E-state index is -0.454. The van der Waals surface area contributed by atoms with Crippen LogP contribution in [0.3, 0.4) is 0 Å². The third-order valence-corrected chi connectivity index (χ3v) is 8.86. The van der Waals surface area contributed by atoms with Crippen molar-refractivity contribution >= 4 is 29.3 Å². The molecule has 0 saturated carbocycles. The number of anilines is 1. The molecule has 2 aromatic carbocycles. The fraction of sp³-hybridized carbons (Fsp3) is 0.486. The molecule has 48 heavy (non-hydrogen) atoms. The molecule has 0 bridgehead atoms. The van der Waals surface area contributed by atoms with E-state index in [1.807, 2.05) is 20.8 Å². The van der Waals surface area contributed by atoms with Crippen LogP contribution in [0.4, 0.5) is 10.1 Å². The number of amides is 1. The van der Waals surface area contributed by atoms with Gasteiger partial charge < -0.3 is 34.3 Å². The minimum absolute atomic E-state index is 0.194. The van der Waals surface area contributed by atoms with Crippen LogP contribution in [0.1, 0.15) is 63.1 Å². The molecule has 0 radical (unpaired) electrons. The van der Waals surface area contributed by atoms with Gasteiger partial charge in [-0.25, -0.2) is 9.37 Å². The van der Waals surface area contributed by atoms with Crippen molar-refractivity contribution in [1.29, 1.82) is 0 Å². The number of rotatable bonds is 16. The monoisotopic (exact) mass is 684 g/mol. The number of hydrogen-bond acceptors (Lipinski definition) is 11. The van der Waals surface area contributed by atoms with Crippen LogP contribution < -0.4 is 19.9 Å². The van der Waals surface area contributed by atoms with Gasteiger partial charge in [0, 0.05) is 37.6 Å². The van der Waals surface area contributed by atoms with Crippen molar-refractivity contribution in [2.24, 2.45) is 0 Å².